The van der Waals surface area contributed by atoms with E-state index in [1.54, 1.807) is 0 Å². The number of aromatic hydroxyl groups is 1. The quantitative estimate of drug-likeness (QED) is 0.641. The Labute approximate surface area is 78.4 Å². The molecule has 2 aliphatic rings. The molecule has 2 aliphatic carbocycles. The monoisotopic (exact) mass is 174 g/mol. The van der Waals surface area contributed by atoms with Crippen LogP contribution in [0, 0.1) is 6.92 Å². The molecular weight excluding hydrogens is 160 g/mol. The molecule has 0 heterocycles. The molecule has 2 atom stereocenters. The minimum absolute atomic E-state index is 0.535. The topological polar surface area (TPSA) is 20.2 Å². The molecule has 2 bridgehead atoms. The molecule has 1 aromatic carbocycles. The van der Waals surface area contributed by atoms with Gasteiger partial charge in [-0.25, -0.2) is 0 Å². The molecule has 1 aromatic rings. The van der Waals surface area contributed by atoms with E-state index >= 15 is 0 Å². The minimum Gasteiger partial charge on any atom is -0.508 e. The van der Waals surface area contributed by atoms with Crippen molar-refractivity contribution in [3.63, 3.8) is 0 Å². The predicted octanol–water partition coefficient (Wildman–Crippen LogP) is 3.07. The summed E-state index contributed by atoms with van der Waals surface area (Å²) in [5.74, 6) is 1.96. The first kappa shape index (κ1) is 7.43. The van der Waals surface area contributed by atoms with Crippen LogP contribution in [0.15, 0.2) is 12.1 Å². The van der Waals surface area contributed by atoms with Crippen molar-refractivity contribution >= 4 is 0 Å². The van der Waals surface area contributed by atoms with E-state index in [1.165, 1.54) is 36.0 Å². The van der Waals surface area contributed by atoms with Crippen LogP contribution in [0.4, 0.5) is 0 Å². The summed E-state index contributed by atoms with van der Waals surface area (Å²) >= 11 is 0. The van der Waals surface area contributed by atoms with Crippen molar-refractivity contribution in [3.8, 4) is 5.75 Å². The molecule has 3 rings (SSSR count). The molecular formula is C12H14O. The zero-order valence-corrected chi connectivity index (χ0v) is 7.88. The van der Waals surface area contributed by atoms with Crippen LogP contribution in [0.2, 0.25) is 0 Å². The third-order valence-corrected chi connectivity index (χ3v) is 3.73. The Kier molecular flexibility index (Phi) is 1.30. The van der Waals surface area contributed by atoms with Crippen LogP contribution in [0.5, 0.6) is 5.75 Å². The van der Waals surface area contributed by atoms with Crippen LogP contribution in [-0.4, -0.2) is 5.11 Å². The van der Waals surface area contributed by atoms with Gasteiger partial charge in [-0.05, 0) is 55.2 Å². The van der Waals surface area contributed by atoms with E-state index in [4.69, 9.17) is 0 Å². The molecule has 13 heavy (non-hydrogen) atoms. The Morgan fingerprint density at radius 1 is 1.15 bits per heavy atom. The molecule has 2 unspecified atom stereocenters. The highest BCUT2D eigenvalue weighted by Crippen LogP contribution is 2.56. The third-order valence-electron chi connectivity index (χ3n) is 3.73. The molecule has 1 N–H and O–H groups in total. The summed E-state index contributed by atoms with van der Waals surface area (Å²) in [7, 11) is 0. The van der Waals surface area contributed by atoms with Crippen molar-refractivity contribution in [2.24, 2.45) is 0 Å². The largest absolute Gasteiger partial charge is 0.508 e. The first-order valence-electron chi connectivity index (χ1n) is 5.09. The fraction of sp³-hybridized carbons (Fsp3) is 0.500. The third kappa shape index (κ3) is 0.822. The van der Waals surface area contributed by atoms with Crippen molar-refractivity contribution < 1.29 is 5.11 Å². The lowest BCUT2D eigenvalue weighted by Gasteiger charge is -2.18. The van der Waals surface area contributed by atoms with Gasteiger partial charge in [0, 0.05) is 5.56 Å². The first-order valence-corrected chi connectivity index (χ1v) is 5.09. The van der Waals surface area contributed by atoms with E-state index in [9.17, 15) is 5.11 Å². The van der Waals surface area contributed by atoms with Crippen molar-refractivity contribution in [2.45, 2.75) is 38.0 Å². The Balaban J connectivity index is 2.30. The highest BCUT2D eigenvalue weighted by atomic mass is 16.3. The highest BCUT2D eigenvalue weighted by Gasteiger charge is 2.39. The zero-order chi connectivity index (χ0) is 9.00. The SMILES string of the molecule is Cc1ccc(O)c2c1C1CCC2C1. The summed E-state index contributed by atoms with van der Waals surface area (Å²) in [5, 5.41) is 9.78. The van der Waals surface area contributed by atoms with Crippen LogP contribution in [0.25, 0.3) is 0 Å². The van der Waals surface area contributed by atoms with Gasteiger partial charge < -0.3 is 5.11 Å². The molecule has 1 heteroatoms. The fourth-order valence-corrected chi connectivity index (χ4v) is 3.21. The van der Waals surface area contributed by atoms with Gasteiger partial charge >= 0.3 is 0 Å². The summed E-state index contributed by atoms with van der Waals surface area (Å²) in [6.45, 7) is 2.17. The van der Waals surface area contributed by atoms with E-state index in [1.807, 2.05) is 6.07 Å². The van der Waals surface area contributed by atoms with E-state index in [-0.39, 0.29) is 0 Å². The maximum absolute atomic E-state index is 9.78. The number of fused-ring (bicyclic) bond motifs is 5. The number of hydrogen-bond acceptors (Lipinski definition) is 1. The molecule has 0 saturated heterocycles. The van der Waals surface area contributed by atoms with E-state index in [0.717, 1.165) is 5.92 Å². The molecule has 0 radical (unpaired) electrons. The lowest BCUT2D eigenvalue weighted by molar-refractivity contribution is 0.461. The van der Waals surface area contributed by atoms with Gasteiger partial charge in [0.05, 0.1) is 0 Å². The second-order valence-electron chi connectivity index (χ2n) is 4.44. The van der Waals surface area contributed by atoms with Crippen LogP contribution >= 0.6 is 0 Å². The standard InChI is InChI=1S/C12H14O/c1-7-2-5-10(13)12-9-4-3-8(6-9)11(7)12/h2,5,8-9,13H,3-4,6H2,1H3. The lowest BCUT2D eigenvalue weighted by Crippen LogP contribution is -2.00. The van der Waals surface area contributed by atoms with Crippen molar-refractivity contribution in [1.29, 1.82) is 0 Å². The maximum atomic E-state index is 9.78. The van der Waals surface area contributed by atoms with Crippen LogP contribution in [0.3, 0.4) is 0 Å². The smallest absolute Gasteiger partial charge is 0.119 e. The molecule has 1 fully saturated rings. The van der Waals surface area contributed by atoms with Crippen molar-refractivity contribution in [3.05, 3.63) is 28.8 Å². The normalized spacial score (nSPS) is 29.3. The van der Waals surface area contributed by atoms with Gasteiger partial charge in [0.15, 0.2) is 0 Å². The lowest BCUT2D eigenvalue weighted by atomic mass is 9.88. The van der Waals surface area contributed by atoms with Gasteiger partial charge in [-0.15, -0.1) is 0 Å². The number of aryl methyl sites for hydroxylation is 1. The predicted molar refractivity (Wildman–Crippen MR) is 52.2 cm³/mol. The van der Waals surface area contributed by atoms with E-state index in [2.05, 4.69) is 13.0 Å². The van der Waals surface area contributed by atoms with Crippen molar-refractivity contribution in [1.82, 2.24) is 0 Å². The second-order valence-corrected chi connectivity index (χ2v) is 4.44. The molecule has 0 aromatic heterocycles. The molecule has 1 nitrogen and oxygen atoms in total. The highest BCUT2D eigenvalue weighted by molar-refractivity contribution is 5.52. The van der Waals surface area contributed by atoms with E-state index in [0.29, 0.717) is 11.7 Å². The van der Waals surface area contributed by atoms with Crippen LogP contribution in [-0.2, 0) is 0 Å². The number of benzene rings is 1. The van der Waals surface area contributed by atoms with Gasteiger partial charge in [-0.2, -0.15) is 0 Å². The van der Waals surface area contributed by atoms with E-state index < -0.39 is 0 Å². The number of phenolic OH excluding ortho intramolecular Hbond substituents is 1. The average molecular weight is 174 g/mol. The summed E-state index contributed by atoms with van der Waals surface area (Å²) in [6, 6.07) is 3.91. The van der Waals surface area contributed by atoms with Crippen molar-refractivity contribution in [2.75, 3.05) is 0 Å². The van der Waals surface area contributed by atoms with Gasteiger partial charge in [0.1, 0.15) is 5.75 Å². The molecule has 68 valence electrons. The maximum Gasteiger partial charge on any atom is 0.119 e. The van der Waals surface area contributed by atoms with Crippen LogP contribution in [0.1, 0.15) is 47.8 Å². The van der Waals surface area contributed by atoms with Crippen LogP contribution < -0.4 is 0 Å². The summed E-state index contributed by atoms with van der Waals surface area (Å²) in [5.41, 5.74) is 4.12. The van der Waals surface area contributed by atoms with Gasteiger partial charge in [-0.3, -0.25) is 0 Å². The summed E-state index contributed by atoms with van der Waals surface area (Å²) in [4.78, 5) is 0. The van der Waals surface area contributed by atoms with Gasteiger partial charge in [0.25, 0.3) is 0 Å². The van der Waals surface area contributed by atoms with Gasteiger partial charge in [0.2, 0.25) is 0 Å². The molecule has 0 aliphatic heterocycles. The molecule has 0 amide bonds. The molecule has 1 saturated carbocycles. The Morgan fingerprint density at radius 3 is 2.54 bits per heavy atom. The number of hydrogen-bond donors (Lipinski definition) is 1. The molecule has 0 spiro atoms. The summed E-state index contributed by atoms with van der Waals surface area (Å²) < 4.78 is 0. The van der Waals surface area contributed by atoms with Gasteiger partial charge in [-0.1, -0.05) is 6.07 Å². The number of phenols is 1. The summed E-state index contributed by atoms with van der Waals surface area (Å²) in [6.07, 6.45) is 3.91. The Morgan fingerprint density at radius 2 is 1.85 bits per heavy atom. The first-order chi connectivity index (χ1) is 6.27. The second kappa shape index (κ2) is 2.28. The Bertz CT molecular complexity index is 333. The average Bonchev–Trinajstić information content (AvgIpc) is 2.70. The Hall–Kier alpha value is -0.980. The number of rotatable bonds is 0. The fourth-order valence-electron chi connectivity index (χ4n) is 3.21. The minimum atomic E-state index is 0.535. The zero-order valence-electron chi connectivity index (χ0n) is 7.88.